The minimum atomic E-state index is -0.793. The lowest BCUT2D eigenvalue weighted by Gasteiger charge is -2.34. The van der Waals surface area contributed by atoms with Gasteiger partial charge in [-0.05, 0) is 51.4 Å². The van der Waals surface area contributed by atoms with Crippen LogP contribution in [0.1, 0.15) is 38.3 Å². The zero-order valence-electron chi connectivity index (χ0n) is 21.0. The van der Waals surface area contributed by atoms with E-state index in [0.717, 1.165) is 51.5 Å². The van der Waals surface area contributed by atoms with Crippen LogP contribution >= 0.6 is 0 Å². The van der Waals surface area contributed by atoms with E-state index in [2.05, 4.69) is 25.1 Å². The van der Waals surface area contributed by atoms with Crippen LogP contribution in [-0.2, 0) is 16.6 Å². The van der Waals surface area contributed by atoms with Crippen LogP contribution in [0.4, 0.5) is 5.95 Å². The molecule has 2 aliphatic heterocycles. The van der Waals surface area contributed by atoms with Gasteiger partial charge in [-0.3, -0.25) is 15.0 Å². The van der Waals surface area contributed by atoms with Crippen LogP contribution < -0.4 is 10.2 Å². The third-order valence-corrected chi connectivity index (χ3v) is 6.73. The van der Waals surface area contributed by atoms with E-state index >= 15 is 0 Å². The van der Waals surface area contributed by atoms with E-state index in [0.29, 0.717) is 17.1 Å². The monoisotopic (exact) mass is 495 g/mol. The van der Waals surface area contributed by atoms with Crippen molar-refractivity contribution < 1.29 is 14.5 Å². The van der Waals surface area contributed by atoms with Crippen molar-refractivity contribution in [2.45, 2.75) is 32.6 Å². The highest BCUT2D eigenvalue weighted by Crippen LogP contribution is 2.38. The number of aromatic nitrogens is 3. The summed E-state index contributed by atoms with van der Waals surface area (Å²) < 4.78 is 7.42. The van der Waals surface area contributed by atoms with Crippen molar-refractivity contribution >= 4 is 11.9 Å². The Kier molecular flexibility index (Phi) is 7.99. The summed E-state index contributed by atoms with van der Waals surface area (Å²) in [6, 6.07) is 5.43. The van der Waals surface area contributed by atoms with E-state index in [1.54, 1.807) is 36.9 Å². The number of anilines is 1. The molecule has 1 saturated heterocycles. The van der Waals surface area contributed by atoms with Gasteiger partial charge in [0, 0.05) is 63.2 Å². The van der Waals surface area contributed by atoms with Crippen LogP contribution in [0.5, 0.6) is 0 Å². The van der Waals surface area contributed by atoms with Crippen molar-refractivity contribution in [2.24, 2.45) is 7.05 Å². The molecule has 1 fully saturated rings. The van der Waals surface area contributed by atoms with Gasteiger partial charge in [0.05, 0.1) is 22.8 Å². The molecule has 4 rings (SSSR count). The smallest absolute Gasteiger partial charge is 0.337 e. The quantitative estimate of drug-likeness (QED) is 0.242. The number of nitro groups is 1. The molecule has 0 spiro atoms. The summed E-state index contributed by atoms with van der Waals surface area (Å²) in [6.07, 6.45) is 6.95. The number of hydrogen-bond acceptors (Lipinski definition) is 9. The van der Waals surface area contributed by atoms with E-state index in [1.807, 2.05) is 25.4 Å². The van der Waals surface area contributed by atoms with E-state index < -0.39 is 16.8 Å². The van der Waals surface area contributed by atoms with Gasteiger partial charge in [-0.1, -0.05) is 0 Å². The fourth-order valence-corrected chi connectivity index (χ4v) is 4.86. The molecule has 0 radical (unpaired) electrons. The number of esters is 1. The Morgan fingerprint density at radius 2 is 1.86 bits per heavy atom. The SMILES string of the molecule is CC1=C(C(=O)OCCCCN2CCN(c3ncccn3)CC2)C(c2cccn2C)C([N+](=O)[O-])=C(C)N1. The standard InChI is InChI=1S/C25H33N7O4/c1-18-21(22(20-8-6-11-29(20)3)23(32(34)35)19(2)28-18)24(33)36-17-5-4-12-30-13-15-31(16-14-30)25-26-9-7-10-27-25/h6-11,22,28H,4-5,12-17H2,1-3H3. The maximum absolute atomic E-state index is 13.1. The van der Waals surface area contributed by atoms with Gasteiger partial charge in [0.25, 0.3) is 5.70 Å². The Balaban J connectivity index is 1.29. The predicted octanol–water partition coefficient (Wildman–Crippen LogP) is 2.43. The lowest BCUT2D eigenvalue weighted by atomic mass is 9.87. The number of nitrogens with one attached hydrogen (secondary N) is 1. The number of hydrogen-bond donors (Lipinski definition) is 1. The van der Waals surface area contributed by atoms with E-state index in [1.165, 1.54) is 0 Å². The molecule has 0 saturated carbocycles. The maximum Gasteiger partial charge on any atom is 0.337 e. The molecule has 36 heavy (non-hydrogen) atoms. The van der Waals surface area contributed by atoms with Crippen molar-refractivity contribution in [3.8, 4) is 0 Å². The van der Waals surface area contributed by atoms with Crippen LogP contribution in [0.2, 0.25) is 0 Å². The third-order valence-electron chi connectivity index (χ3n) is 6.73. The van der Waals surface area contributed by atoms with Gasteiger partial charge in [-0.25, -0.2) is 14.8 Å². The van der Waals surface area contributed by atoms with Gasteiger partial charge in [0.2, 0.25) is 5.95 Å². The number of ether oxygens (including phenoxy) is 1. The van der Waals surface area contributed by atoms with Gasteiger partial charge < -0.3 is 19.5 Å². The number of aryl methyl sites for hydroxylation is 1. The average Bonchev–Trinajstić information content (AvgIpc) is 3.29. The topological polar surface area (TPSA) is 119 Å². The zero-order chi connectivity index (χ0) is 25.7. The highest BCUT2D eigenvalue weighted by molar-refractivity contribution is 5.92. The molecule has 2 aromatic rings. The molecule has 11 nitrogen and oxygen atoms in total. The largest absolute Gasteiger partial charge is 0.462 e. The van der Waals surface area contributed by atoms with Gasteiger partial charge in [0.15, 0.2) is 0 Å². The first-order chi connectivity index (χ1) is 17.4. The van der Waals surface area contributed by atoms with E-state index in [4.69, 9.17) is 4.74 Å². The molecular weight excluding hydrogens is 462 g/mol. The van der Waals surface area contributed by atoms with Crippen molar-refractivity contribution in [3.63, 3.8) is 0 Å². The number of dihydropyridines is 1. The van der Waals surface area contributed by atoms with Gasteiger partial charge in [-0.15, -0.1) is 0 Å². The molecule has 2 aromatic heterocycles. The number of carbonyl (C=O) groups is 1. The summed E-state index contributed by atoms with van der Waals surface area (Å²) in [7, 11) is 1.81. The highest BCUT2D eigenvalue weighted by atomic mass is 16.6. The van der Waals surface area contributed by atoms with Gasteiger partial charge in [-0.2, -0.15) is 0 Å². The average molecular weight is 496 g/mol. The molecule has 2 aliphatic rings. The first kappa shape index (κ1) is 25.4. The molecular formula is C25H33N7O4. The second-order valence-corrected chi connectivity index (χ2v) is 9.13. The number of piperazine rings is 1. The number of unbranched alkanes of at least 4 members (excludes halogenated alkanes) is 1. The number of carbonyl (C=O) groups excluding carboxylic acids is 1. The van der Waals surface area contributed by atoms with Crippen LogP contribution in [0.25, 0.3) is 0 Å². The van der Waals surface area contributed by atoms with Crippen LogP contribution in [0.3, 0.4) is 0 Å². The minimum Gasteiger partial charge on any atom is -0.462 e. The van der Waals surface area contributed by atoms with Gasteiger partial charge in [0.1, 0.15) is 5.92 Å². The molecule has 11 heteroatoms. The lowest BCUT2D eigenvalue weighted by molar-refractivity contribution is -0.431. The second-order valence-electron chi connectivity index (χ2n) is 9.13. The molecule has 0 aromatic carbocycles. The van der Waals surface area contributed by atoms with E-state index in [9.17, 15) is 14.9 Å². The second kappa shape index (κ2) is 11.3. The predicted molar refractivity (Wildman–Crippen MR) is 135 cm³/mol. The minimum absolute atomic E-state index is 0.0330. The molecule has 1 atom stereocenters. The molecule has 192 valence electrons. The summed E-state index contributed by atoms with van der Waals surface area (Å²) in [5.74, 6) is -0.544. The Morgan fingerprint density at radius 1 is 1.14 bits per heavy atom. The molecule has 1 N–H and O–H groups in total. The fraction of sp³-hybridized carbons (Fsp3) is 0.480. The molecule has 0 aliphatic carbocycles. The maximum atomic E-state index is 13.1. The zero-order valence-corrected chi connectivity index (χ0v) is 21.0. The third kappa shape index (κ3) is 5.56. The summed E-state index contributed by atoms with van der Waals surface area (Å²) in [5, 5.41) is 14.9. The van der Waals surface area contributed by atoms with Gasteiger partial charge >= 0.3 is 5.97 Å². The van der Waals surface area contributed by atoms with Crippen molar-refractivity contribution in [1.82, 2.24) is 24.8 Å². The Hall–Kier alpha value is -3.73. The summed E-state index contributed by atoms with van der Waals surface area (Å²) in [6.45, 7) is 8.23. The number of nitrogens with zero attached hydrogens (tertiary/aromatic N) is 6. The van der Waals surface area contributed by atoms with Crippen LogP contribution in [-0.4, -0.2) is 69.7 Å². The van der Waals surface area contributed by atoms with Crippen LogP contribution in [0, 0.1) is 10.1 Å². The molecule has 0 bridgehead atoms. The van der Waals surface area contributed by atoms with Crippen molar-refractivity contribution in [1.29, 1.82) is 0 Å². The summed E-state index contributed by atoms with van der Waals surface area (Å²) in [4.78, 5) is 37.8. The molecule has 4 heterocycles. The molecule has 1 unspecified atom stereocenters. The van der Waals surface area contributed by atoms with Crippen molar-refractivity contribution in [2.75, 3.05) is 44.2 Å². The Labute approximate surface area is 210 Å². The number of allylic oxidation sites excluding steroid dienone is 3. The molecule has 0 amide bonds. The highest BCUT2D eigenvalue weighted by Gasteiger charge is 2.42. The summed E-state index contributed by atoms with van der Waals surface area (Å²) >= 11 is 0. The fourth-order valence-electron chi connectivity index (χ4n) is 4.86. The Bertz CT molecular complexity index is 1150. The summed E-state index contributed by atoms with van der Waals surface area (Å²) in [5.41, 5.74) is 1.94. The Morgan fingerprint density at radius 3 is 2.50 bits per heavy atom. The lowest BCUT2D eigenvalue weighted by Crippen LogP contribution is -2.47. The van der Waals surface area contributed by atoms with Crippen molar-refractivity contribution in [3.05, 3.63) is 75.3 Å². The normalized spacial score (nSPS) is 18.9. The first-order valence-electron chi connectivity index (χ1n) is 12.2. The number of rotatable bonds is 9. The van der Waals surface area contributed by atoms with E-state index in [-0.39, 0.29) is 17.9 Å². The van der Waals surface area contributed by atoms with Crippen LogP contribution in [0.15, 0.2) is 59.5 Å². The first-order valence-corrected chi connectivity index (χ1v) is 12.2.